The molecular formula is C13H13ClN2O2. The van der Waals surface area contributed by atoms with Crippen molar-refractivity contribution in [2.75, 3.05) is 0 Å². The van der Waals surface area contributed by atoms with E-state index in [9.17, 15) is 9.90 Å². The third-order valence-electron chi connectivity index (χ3n) is 3.92. The van der Waals surface area contributed by atoms with Crippen molar-refractivity contribution >= 4 is 28.5 Å². The average molecular weight is 265 g/mol. The molecular weight excluding hydrogens is 252 g/mol. The van der Waals surface area contributed by atoms with Gasteiger partial charge in [-0.1, -0.05) is 36.6 Å². The van der Waals surface area contributed by atoms with Gasteiger partial charge in [-0.2, -0.15) is 5.10 Å². The summed E-state index contributed by atoms with van der Waals surface area (Å²) in [7, 11) is 0. The lowest BCUT2D eigenvalue weighted by atomic mass is 9.77. The van der Waals surface area contributed by atoms with Crippen molar-refractivity contribution in [3.63, 3.8) is 0 Å². The quantitative estimate of drug-likeness (QED) is 0.876. The van der Waals surface area contributed by atoms with Crippen LogP contribution in [-0.4, -0.2) is 21.3 Å². The standard InChI is InChI=1S/C13H13ClN2O2/c14-11-10-8(4-3-5-9(10)15-16-11)13(12(17)18)6-1-2-7-13/h3-5H,1-2,6-7H2,(H,15,16)(H,17,18). The van der Waals surface area contributed by atoms with Crippen LogP contribution < -0.4 is 0 Å². The molecule has 0 radical (unpaired) electrons. The Morgan fingerprint density at radius 2 is 2.11 bits per heavy atom. The van der Waals surface area contributed by atoms with Gasteiger partial charge in [0.15, 0.2) is 0 Å². The summed E-state index contributed by atoms with van der Waals surface area (Å²) in [6.45, 7) is 0. The zero-order chi connectivity index (χ0) is 12.8. The highest BCUT2D eigenvalue weighted by atomic mass is 35.5. The number of aromatic amines is 1. The predicted molar refractivity (Wildman–Crippen MR) is 68.9 cm³/mol. The number of carboxylic acids is 1. The molecule has 2 aromatic rings. The lowest BCUT2D eigenvalue weighted by molar-refractivity contribution is -0.143. The van der Waals surface area contributed by atoms with Gasteiger partial charge in [0.05, 0.1) is 10.9 Å². The van der Waals surface area contributed by atoms with Crippen molar-refractivity contribution < 1.29 is 9.90 Å². The van der Waals surface area contributed by atoms with Gasteiger partial charge in [0.2, 0.25) is 0 Å². The number of aliphatic carboxylic acids is 1. The van der Waals surface area contributed by atoms with Gasteiger partial charge < -0.3 is 5.11 Å². The van der Waals surface area contributed by atoms with E-state index in [1.165, 1.54) is 0 Å². The molecule has 0 atom stereocenters. The van der Waals surface area contributed by atoms with E-state index in [1.807, 2.05) is 18.2 Å². The number of nitrogens with zero attached hydrogens (tertiary/aromatic N) is 1. The molecule has 1 aromatic heterocycles. The first-order valence-corrected chi connectivity index (χ1v) is 6.39. The molecule has 0 bridgehead atoms. The first-order chi connectivity index (χ1) is 8.65. The number of carboxylic acid groups (broad SMARTS) is 1. The number of hydrogen-bond donors (Lipinski definition) is 2. The number of halogens is 1. The van der Waals surface area contributed by atoms with Crippen LogP contribution in [-0.2, 0) is 10.2 Å². The summed E-state index contributed by atoms with van der Waals surface area (Å²) in [5.41, 5.74) is 0.723. The first-order valence-electron chi connectivity index (χ1n) is 6.02. The van der Waals surface area contributed by atoms with E-state index in [0.29, 0.717) is 18.0 Å². The second kappa shape index (κ2) is 3.99. The van der Waals surface area contributed by atoms with Crippen LogP contribution in [0.2, 0.25) is 5.15 Å². The summed E-state index contributed by atoms with van der Waals surface area (Å²) in [6.07, 6.45) is 3.22. The van der Waals surface area contributed by atoms with Gasteiger partial charge in [0, 0.05) is 5.39 Å². The fraction of sp³-hybridized carbons (Fsp3) is 0.385. The van der Waals surface area contributed by atoms with E-state index in [4.69, 9.17) is 11.6 Å². The average Bonchev–Trinajstić information content (AvgIpc) is 2.97. The van der Waals surface area contributed by atoms with Crippen molar-refractivity contribution in [1.82, 2.24) is 10.2 Å². The number of benzene rings is 1. The molecule has 1 saturated carbocycles. The highest BCUT2D eigenvalue weighted by Gasteiger charge is 2.44. The minimum absolute atomic E-state index is 0.424. The van der Waals surface area contributed by atoms with Crippen LogP contribution in [0.5, 0.6) is 0 Å². The van der Waals surface area contributed by atoms with Gasteiger partial charge in [0.25, 0.3) is 0 Å². The maximum absolute atomic E-state index is 11.7. The topological polar surface area (TPSA) is 66.0 Å². The second-order valence-electron chi connectivity index (χ2n) is 4.83. The van der Waals surface area contributed by atoms with E-state index >= 15 is 0 Å². The highest BCUT2D eigenvalue weighted by molar-refractivity contribution is 6.34. The smallest absolute Gasteiger partial charge is 0.314 e. The van der Waals surface area contributed by atoms with Gasteiger partial charge in [0.1, 0.15) is 5.15 Å². The van der Waals surface area contributed by atoms with Crippen molar-refractivity contribution in [2.24, 2.45) is 0 Å². The van der Waals surface area contributed by atoms with E-state index in [0.717, 1.165) is 29.3 Å². The minimum Gasteiger partial charge on any atom is -0.481 e. The fourth-order valence-corrected chi connectivity index (χ4v) is 3.25. The number of hydrogen-bond acceptors (Lipinski definition) is 2. The lowest BCUT2D eigenvalue weighted by Gasteiger charge is -2.25. The van der Waals surface area contributed by atoms with Crippen LogP contribution in [0.3, 0.4) is 0 Å². The summed E-state index contributed by atoms with van der Waals surface area (Å²) >= 11 is 6.11. The van der Waals surface area contributed by atoms with E-state index in [1.54, 1.807) is 0 Å². The molecule has 5 heteroatoms. The Hall–Kier alpha value is -1.55. The molecule has 4 nitrogen and oxygen atoms in total. The van der Waals surface area contributed by atoms with Crippen molar-refractivity contribution in [2.45, 2.75) is 31.1 Å². The second-order valence-corrected chi connectivity index (χ2v) is 5.21. The van der Waals surface area contributed by atoms with Crippen molar-refractivity contribution in [3.8, 4) is 0 Å². The number of rotatable bonds is 2. The summed E-state index contributed by atoms with van der Waals surface area (Å²) in [4.78, 5) is 11.7. The number of H-pyrrole nitrogens is 1. The summed E-state index contributed by atoms with van der Waals surface area (Å²) in [5, 5.41) is 17.6. The maximum atomic E-state index is 11.7. The molecule has 1 heterocycles. The van der Waals surface area contributed by atoms with E-state index < -0.39 is 11.4 Å². The van der Waals surface area contributed by atoms with Gasteiger partial charge in [-0.15, -0.1) is 0 Å². The number of carbonyl (C=O) groups is 1. The van der Waals surface area contributed by atoms with Crippen molar-refractivity contribution in [1.29, 1.82) is 0 Å². The van der Waals surface area contributed by atoms with Crippen LogP contribution in [0.25, 0.3) is 10.9 Å². The Balaban J connectivity index is 2.30. The monoisotopic (exact) mass is 264 g/mol. The number of nitrogens with one attached hydrogen (secondary N) is 1. The summed E-state index contributed by atoms with van der Waals surface area (Å²) in [6, 6.07) is 5.55. The Kier molecular flexibility index (Phi) is 2.55. The normalized spacial score (nSPS) is 18.3. The van der Waals surface area contributed by atoms with E-state index in [-0.39, 0.29) is 0 Å². The Morgan fingerprint density at radius 3 is 2.78 bits per heavy atom. The molecule has 1 fully saturated rings. The number of fused-ring (bicyclic) bond motifs is 1. The van der Waals surface area contributed by atoms with E-state index in [2.05, 4.69) is 10.2 Å². The molecule has 0 unspecified atom stereocenters. The van der Waals surface area contributed by atoms with Crippen LogP contribution in [0.15, 0.2) is 18.2 Å². The third-order valence-corrected chi connectivity index (χ3v) is 4.19. The Bertz CT molecular complexity index is 614. The first kappa shape index (κ1) is 11.5. The molecule has 0 amide bonds. The van der Waals surface area contributed by atoms with Crippen LogP contribution >= 0.6 is 11.6 Å². The molecule has 3 rings (SSSR count). The van der Waals surface area contributed by atoms with Crippen molar-refractivity contribution in [3.05, 3.63) is 28.9 Å². The third kappa shape index (κ3) is 1.45. The minimum atomic E-state index is -0.799. The molecule has 1 aliphatic rings. The molecule has 94 valence electrons. The van der Waals surface area contributed by atoms with Crippen LogP contribution in [0.1, 0.15) is 31.2 Å². The number of aromatic nitrogens is 2. The highest BCUT2D eigenvalue weighted by Crippen LogP contribution is 2.44. The molecule has 0 aliphatic heterocycles. The Labute approximate surface area is 109 Å². The largest absolute Gasteiger partial charge is 0.481 e. The summed E-state index contributed by atoms with van der Waals surface area (Å²) < 4.78 is 0. The maximum Gasteiger partial charge on any atom is 0.314 e. The molecule has 0 saturated heterocycles. The predicted octanol–water partition coefficient (Wildman–Crippen LogP) is 3.11. The molecule has 1 aromatic carbocycles. The summed E-state index contributed by atoms with van der Waals surface area (Å²) in [5.74, 6) is -0.759. The molecule has 18 heavy (non-hydrogen) atoms. The molecule has 0 spiro atoms. The SMILES string of the molecule is O=C(O)C1(c2cccc3n[nH]c(Cl)c23)CCCC1. The van der Waals surface area contributed by atoms with Gasteiger partial charge >= 0.3 is 5.97 Å². The fourth-order valence-electron chi connectivity index (χ4n) is 3.00. The zero-order valence-corrected chi connectivity index (χ0v) is 10.5. The lowest BCUT2D eigenvalue weighted by Crippen LogP contribution is -2.32. The molecule has 1 aliphatic carbocycles. The van der Waals surface area contributed by atoms with Crippen LogP contribution in [0, 0.1) is 0 Å². The van der Waals surface area contributed by atoms with Crippen LogP contribution in [0.4, 0.5) is 0 Å². The van der Waals surface area contributed by atoms with Gasteiger partial charge in [-0.25, -0.2) is 0 Å². The van der Waals surface area contributed by atoms with Gasteiger partial charge in [-0.05, 0) is 24.5 Å². The zero-order valence-electron chi connectivity index (χ0n) is 9.74. The van der Waals surface area contributed by atoms with Gasteiger partial charge in [-0.3, -0.25) is 9.89 Å². The molecule has 2 N–H and O–H groups in total. The Morgan fingerprint density at radius 1 is 1.39 bits per heavy atom.